The third-order valence-electron chi connectivity index (χ3n) is 5.44. The fraction of sp³-hybridized carbons (Fsp3) is 0.636. The lowest BCUT2D eigenvalue weighted by Crippen LogP contribution is -2.49. The normalized spacial score (nSPS) is 17.7. The minimum Gasteiger partial charge on any atom is -0.450 e. The molecular formula is C22H36IN5O2S. The van der Waals surface area contributed by atoms with Gasteiger partial charge in [-0.1, -0.05) is 12.1 Å². The molecule has 0 unspecified atom stereocenters. The number of benzene rings is 1. The van der Waals surface area contributed by atoms with Crippen molar-refractivity contribution in [3.8, 4) is 0 Å². The van der Waals surface area contributed by atoms with E-state index in [-0.39, 0.29) is 30.1 Å². The molecule has 1 amide bonds. The van der Waals surface area contributed by atoms with Gasteiger partial charge in [-0.2, -0.15) is 11.8 Å². The van der Waals surface area contributed by atoms with E-state index in [9.17, 15) is 4.79 Å². The van der Waals surface area contributed by atoms with Crippen LogP contribution in [0.2, 0.25) is 0 Å². The summed E-state index contributed by atoms with van der Waals surface area (Å²) in [5.41, 5.74) is 2.51. The largest absolute Gasteiger partial charge is 0.450 e. The second-order valence-electron chi connectivity index (χ2n) is 7.57. The molecule has 0 radical (unpaired) electrons. The predicted octanol–water partition coefficient (Wildman–Crippen LogP) is 3.53. The molecule has 3 rings (SSSR count). The molecule has 2 saturated heterocycles. The maximum atomic E-state index is 11.9. The lowest BCUT2D eigenvalue weighted by molar-refractivity contribution is 0.0963. The van der Waals surface area contributed by atoms with E-state index in [0.29, 0.717) is 32.3 Å². The van der Waals surface area contributed by atoms with Crippen molar-refractivity contribution in [2.45, 2.75) is 39.3 Å². The van der Waals surface area contributed by atoms with Gasteiger partial charge >= 0.3 is 6.09 Å². The van der Waals surface area contributed by atoms with E-state index in [1.807, 2.05) is 18.7 Å². The molecule has 0 spiro atoms. The number of anilines is 1. The Kier molecular flexibility index (Phi) is 11.6. The number of nitrogens with one attached hydrogen (secondary N) is 2. The van der Waals surface area contributed by atoms with Crippen LogP contribution in [0.25, 0.3) is 0 Å². The number of likely N-dealkylation sites (tertiary alicyclic amines) is 1. The molecule has 2 heterocycles. The molecule has 2 N–H and O–H groups in total. The van der Waals surface area contributed by atoms with Crippen molar-refractivity contribution in [3.05, 3.63) is 29.8 Å². The number of nitrogens with zero attached hydrogens (tertiary/aromatic N) is 3. The number of piperidine rings is 1. The van der Waals surface area contributed by atoms with Gasteiger partial charge in [0.05, 0.1) is 13.2 Å². The minimum atomic E-state index is -0.205. The van der Waals surface area contributed by atoms with E-state index in [0.717, 1.165) is 38.4 Å². The average Bonchev–Trinajstić information content (AvgIpc) is 2.79. The van der Waals surface area contributed by atoms with Gasteiger partial charge < -0.3 is 25.2 Å². The van der Waals surface area contributed by atoms with Crippen molar-refractivity contribution in [1.82, 2.24) is 15.5 Å². The number of ether oxygens (including phenoxy) is 1. The van der Waals surface area contributed by atoms with Gasteiger partial charge in [0.15, 0.2) is 5.96 Å². The summed E-state index contributed by atoms with van der Waals surface area (Å²) in [6.45, 7) is 9.49. The molecule has 174 valence electrons. The molecule has 2 fully saturated rings. The molecule has 0 aromatic heterocycles. The number of thioether (sulfide) groups is 1. The van der Waals surface area contributed by atoms with Gasteiger partial charge in [-0.25, -0.2) is 9.79 Å². The van der Waals surface area contributed by atoms with Crippen LogP contribution in [0, 0.1) is 0 Å². The summed E-state index contributed by atoms with van der Waals surface area (Å²) in [4.78, 5) is 20.9. The number of halogens is 1. The molecule has 0 atom stereocenters. The number of amides is 1. The summed E-state index contributed by atoms with van der Waals surface area (Å²) in [6, 6.07) is 9.11. The Hall–Kier alpha value is -1.36. The van der Waals surface area contributed by atoms with Gasteiger partial charge in [0.25, 0.3) is 0 Å². The number of rotatable bonds is 6. The Morgan fingerprint density at radius 2 is 1.81 bits per heavy atom. The molecular weight excluding hydrogens is 525 g/mol. The Bertz CT molecular complexity index is 690. The summed E-state index contributed by atoms with van der Waals surface area (Å²) in [5.74, 6) is 3.26. The molecule has 1 aromatic carbocycles. The number of aliphatic imine (C=N–C) groups is 1. The standard InChI is InChI=1S/C22H35N5O2S.HI/c1-3-23-21(25-19-9-11-27(12-10-19)22(28)29-4-2)24-17-18-5-7-20(8-6-18)26-13-15-30-16-14-26;/h5-8,19H,3-4,9-17H2,1-2H3,(H2,23,24,25);1H. The van der Waals surface area contributed by atoms with Crippen molar-refractivity contribution in [2.75, 3.05) is 55.7 Å². The number of carbonyl (C=O) groups is 1. The average molecular weight is 562 g/mol. The number of carbonyl (C=O) groups excluding carboxylic acids is 1. The van der Waals surface area contributed by atoms with E-state index in [1.54, 1.807) is 4.90 Å². The molecule has 0 aliphatic carbocycles. The maximum absolute atomic E-state index is 11.9. The maximum Gasteiger partial charge on any atom is 0.409 e. The van der Waals surface area contributed by atoms with Crippen LogP contribution < -0.4 is 15.5 Å². The third kappa shape index (κ3) is 8.25. The lowest BCUT2D eigenvalue weighted by Gasteiger charge is -2.32. The Morgan fingerprint density at radius 3 is 2.42 bits per heavy atom. The molecule has 0 bridgehead atoms. The van der Waals surface area contributed by atoms with Crippen LogP contribution in [0.5, 0.6) is 0 Å². The SMILES string of the molecule is CCNC(=NCc1ccc(N2CCSCC2)cc1)NC1CCN(C(=O)OCC)CC1.I. The van der Waals surface area contributed by atoms with Crippen molar-refractivity contribution in [1.29, 1.82) is 0 Å². The quantitative estimate of drug-likeness (QED) is 0.315. The Morgan fingerprint density at radius 1 is 1.13 bits per heavy atom. The van der Waals surface area contributed by atoms with Gasteiger partial charge in [-0.15, -0.1) is 24.0 Å². The van der Waals surface area contributed by atoms with E-state index >= 15 is 0 Å². The second-order valence-corrected chi connectivity index (χ2v) is 8.79. The van der Waals surface area contributed by atoms with E-state index in [2.05, 4.69) is 46.7 Å². The summed E-state index contributed by atoms with van der Waals surface area (Å²) < 4.78 is 5.10. The summed E-state index contributed by atoms with van der Waals surface area (Å²) in [5, 5.41) is 6.87. The van der Waals surface area contributed by atoms with Gasteiger partial charge in [-0.3, -0.25) is 0 Å². The highest BCUT2D eigenvalue weighted by atomic mass is 127. The third-order valence-corrected chi connectivity index (χ3v) is 6.38. The predicted molar refractivity (Wildman–Crippen MR) is 141 cm³/mol. The molecule has 9 heteroatoms. The first kappa shape index (κ1) is 25.9. The fourth-order valence-electron chi connectivity index (χ4n) is 3.74. The topological polar surface area (TPSA) is 69.2 Å². The zero-order valence-corrected chi connectivity index (χ0v) is 21.8. The van der Waals surface area contributed by atoms with Crippen LogP contribution in [0.1, 0.15) is 32.3 Å². The van der Waals surface area contributed by atoms with Gasteiger partial charge in [0.2, 0.25) is 0 Å². The Balaban J connectivity index is 0.00000341. The zero-order chi connectivity index (χ0) is 21.2. The van der Waals surface area contributed by atoms with Crippen molar-refractivity contribution >= 4 is 53.5 Å². The van der Waals surface area contributed by atoms with Crippen molar-refractivity contribution < 1.29 is 9.53 Å². The zero-order valence-electron chi connectivity index (χ0n) is 18.6. The first-order valence-electron chi connectivity index (χ1n) is 11.1. The molecule has 2 aliphatic heterocycles. The molecule has 0 saturated carbocycles. The summed E-state index contributed by atoms with van der Waals surface area (Å²) >= 11 is 2.03. The van der Waals surface area contributed by atoms with Gasteiger partial charge in [-0.05, 0) is 44.4 Å². The van der Waals surface area contributed by atoms with Crippen LogP contribution in [0.15, 0.2) is 29.3 Å². The number of guanidine groups is 1. The van der Waals surface area contributed by atoms with E-state index in [4.69, 9.17) is 9.73 Å². The minimum absolute atomic E-state index is 0. The first-order valence-corrected chi connectivity index (χ1v) is 12.2. The first-order chi connectivity index (χ1) is 14.7. The monoisotopic (exact) mass is 561 g/mol. The van der Waals surface area contributed by atoms with Crippen LogP contribution in [-0.2, 0) is 11.3 Å². The second kappa shape index (κ2) is 13.9. The van der Waals surface area contributed by atoms with E-state index < -0.39 is 0 Å². The molecule has 7 nitrogen and oxygen atoms in total. The van der Waals surface area contributed by atoms with Crippen LogP contribution >= 0.6 is 35.7 Å². The Labute approximate surface area is 207 Å². The highest BCUT2D eigenvalue weighted by Crippen LogP contribution is 2.20. The smallest absolute Gasteiger partial charge is 0.409 e. The highest BCUT2D eigenvalue weighted by molar-refractivity contribution is 14.0. The summed E-state index contributed by atoms with van der Waals surface area (Å²) in [7, 11) is 0. The number of hydrogen-bond donors (Lipinski definition) is 2. The van der Waals surface area contributed by atoms with Crippen LogP contribution in [0.4, 0.5) is 10.5 Å². The number of hydrogen-bond acceptors (Lipinski definition) is 5. The molecule has 2 aliphatic rings. The highest BCUT2D eigenvalue weighted by Gasteiger charge is 2.24. The lowest BCUT2D eigenvalue weighted by atomic mass is 10.1. The van der Waals surface area contributed by atoms with Crippen molar-refractivity contribution in [2.24, 2.45) is 4.99 Å². The molecule has 1 aromatic rings. The fourth-order valence-corrected chi connectivity index (χ4v) is 4.64. The van der Waals surface area contributed by atoms with E-state index in [1.165, 1.54) is 22.8 Å². The van der Waals surface area contributed by atoms with Crippen molar-refractivity contribution in [3.63, 3.8) is 0 Å². The van der Waals surface area contributed by atoms with Gasteiger partial charge in [0, 0.05) is 56.0 Å². The molecule has 31 heavy (non-hydrogen) atoms. The van der Waals surface area contributed by atoms with Crippen LogP contribution in [0.3, 0.4) is 0 Å². The summed E-state index contributed by atoms with van der Waals surface area (Å²) in [6.07, 6.45) is 1.58. The van der Waals surface area contributed by atoms with Crippen LogP contribution in [-0.4, -0.2) is 73.8 Å². The van der Waals surface area contributed by atoms with Gasteiger partial charge in [0.1, 0.15) is 0 Å².